The molecule has 1 atom stereocenters. The van der Waals surface area contributed by atoms with Gasteiger partial charge in [0.1, 0.15) is 0 Å². The number of nitrogens with one attached hydrogen (secondary N) is 3. The zero-order valence-electron chi connectivity index (χ0n) is 15.8. The standard InChI is InChI=1S/C21H27N3O2/c1-5-22-20(25)17-11-12-18(15(4)13-17)23-21(26)24-19(14(2)3)16-9-7-6-8-10-16/h6-14,19H,5H2,1-4H3,(H,22,25)(H2,23,24,26). The van der Waals surface area contributed by atoms with Crippen molar-refractivity contribution in [1.29, 1.82) is 0 Å². The molecular formula is C21H27N3O2. The Bertz CT molecular complexity index is 757. The van der Waals surface area contributed by atoms with Gasteiger partial charge in [0.15, 0.2) is 0 Å². The molecule has 5 nitrogen and oxygen atoms in total. The molecule has 0 saturated heterocycles. The largest absolute Gasteiger partial charge is 0.352 e. The molecule has 0 fully saturated rings. The van der Waals surface area contributed by atoms with Gasteiger partial charge in [-0.25, -0.2) is 4.79 Å². The second-order valence-electron chi connectivity index (χ2n) is 6.62. The fraction of sp³-hybridized carbons (Fsp3) is 0.333. The lowest BCUT2D eigenvalue weighted by molar-refractivity contribution is 0.0955. The number of carbonyl (C=O) groups is 2. The highest BCUT2D eigenvalue weighted by molar-refractivity contribution is 5.96. The minimum Gasteiger partial charge on any atom is -0.352 e. The summed E-state index contributed by atoms with van der Waals surface area (Å²) in [5.41, 5.74) is 3.18. The van der Waals surface area contributed by atoms with Crippen LogP contribution in [0.15, 0.2) is 48.5 Å². The van der Waals surface area contributed by atoms with Crippen LogP contribution in [0.1, 0.15) is 48.3 Å². The fourth-order valence-corrected chi connectivity index (χ4v) is 2.80. The molecule has 2 aromatic carbocycles. The van der Waals surface area contributed by atoms with Crippen LogP contribution in [0.2, 0.25) is 0 Å². The summed E-state index contributed by atoms with van der Waals surface area (Å²) in [6.07, 6.45) is 0. The number of amides is 3. The summed E-state index contributed by atoms with van der Waals surface area (Å²) in [4.78, 5) is 24.4. The Morgan fingerprint density at radius 2 is 1.73 bits per heavy atom. The number of benzene rings is 2. The zero-order valence-corrected chi connectivity index (χ0v) is 15.8. The van der Waals surface area contributed by atoms with Crippen molar-refractivity contribution >= 4 is 17.6 Å². The topological polar surface area (TPSA) is 70.2 Å². The van der Waals surface area contributed by atoms with Crippen molar-refractivity contribution in [2.24, 2.45) is 5.92 Å². The Balaban J connectivity index is 2.08. The third kappa shape index (κ3) is 5.09. The first-order valence-electron chi connectivity index (χ1n) is 8.93. The molecule has 5 heteroatoms. The van der Waals surface area contributed by atoms with Crippen molar-refractivity contribution in [2.45, 2.75) is 33.7 Å². The molecule has 2 rings (SSSR count). The molecule has 0 aromatic heterocycles. The smallest absolute Gasteiger partial charge is 0.319 e. The Morgan fingerprint density at radius 3 is 2.31 bits per heavy atom. The summed E-state index contributed by atoms with van der Waals surface area (Å²) in [5.74, 6) is 0.139. The first-order valence-corrected chi connectivity index (χ1v) is 8.93. The summed E-state index contributed by atoms with van der Waals surface area (Å²) in [7, 11) is 0. The Labute approximate surface area is 155 Å². The summed E-state index contributed by atoms with van der Waals surface area (Å²) in [5, 5.41) is 8.69. The first-order chi connectivity index (χ1) is 12.4. The van der Waals surface area contributed by atoms with E-state index in [1.807, 2.05) is 44.2 Å². The summed E-state index contributed by atoms with van der Waals surface area (Å²) in [6.45, 7) is 8.48. The Kier molecular flexibility index (Phi) is 6.78. The highest BCUT2D eigenvalue weighted by atomic mass is 16.2. The molecule has 0 radical (unpaired) electrons. The van der Waals surface area contributed by atoms with Gasteiger partial charge in [-0.3, -0.25) is 4.79 Å². The molecule has 0 aliphatic heterocycles. The van der Waals surface area contributed by atoms with E-state index >= 15 is 0 Å². The Morgan fingerprint density at radius 1 is 1.04 bits per heavy atom. The number of carbonyl (C=O) groups excluding carboxylic acids is 2. The van der Waals surface area contributed by atoms with E-state index in [4.69, 9.17) is 0 Å². The van der Waals surface area contributed by atoms with Crippen molar-refractivity contribution < 1.29 is 9.59 Å². The van der Waals surface area contributed by atoms with Gasteiger partial charge < -0.3 is 16.0 Å². The van der Waals surface area contributed by atoms with E-state index in [0.29, 0.717) is 17.8 Å². The van der Waals surface area contributed by atoms with Gasteiger partial charge in [0.05, 0.1) is 6.04 Å². The van der Waals surface area contributed by atoms with Crippen molar-refractivity contribution in [1.82, 2.24) is 10.6 Å². The molecule has 0 saturated carbocycles. The van der Waals surface area contributed by atoms with E-state index in [0.717, 1.165) is 11.1 Å². The lowest BCUT2D eigenvalue weighted by atomic mass is 9.96. The predicted molar refractivity (Wildman–Crippen MR) is 105 cm³/mol. The molecule has 26 heavy (non-hydrogen) atoms. The van der Waals surface area contributed by atoms with E-state index in [1.165, 1.54) is 0 Å². The van der Waals surface area contributed by atoms with Crippen LogP contribution in [0.3, 0.4) is 0 Å². The van der Waals surface area contributed by atoms with Crippen molar-refractivity contribution in [2.75, 3.05) is 11.9 Å². The second-order valence-corrected chi connectivity index (χ2v) is 6.62. The number of urea groups is 1. The molecular weight excluding hydrogens is 326 g/mol. The second kappa shape index (κ2) is 9.04. The van der Waals surface area contributed by atoms with Gasteiger partial charge in [0.25, 0.3) is 5.91 Å². The summed E-state index contributed by atoms with van der Waals surface area (Å²) >= 11 is 0. The highest BCUT2D eigenvalue weighted by Crippen LogP contribution is 2.22. The number of rotatable bonds is 6. The molecule has 1 unspecified atom stereocenters. The van der Waals surface area contributed by atoms with Crippen molar-refractivity contribution in [3.8, 4) is 0 Å². The van der Waals surface area contributed by atoms with Crippen LogP contribution in [-0.2, 0) is 0 Å². The average molecular weight is 353 g/mol. The maximum atomic E-state index is 12.5. The van der Waals surface area contributed by atoms with E-state index in [2.05, 4.69) is 29.8 Å². The molecule has 2 aromatic rings. The van der Waals surface area contributed by atoms with Crippen molar-refractivity contribution in [3.05, 3.63) is 65.2 Å². The van der Waals surface area contributed by atoms with Crippen LogP contribution in [0.4, 0.5) is 10.5 Å². The van der Waals surface area contributed by atoms with Crippen LogP contribution in [0.5, 0.6) is 0 Å². The van der Waals surface area contributed by atoms with Crippen LogP contribution in [-0.4, -0.2) is 18.5 Å². The fourth-order valence-electron chi connectivity index (χ4n) is 2.80. The van der Waals surface area contributed by atoms with Gasteiger partial charge in [-0.2, -0.15) is 0 Å². The first kappa shape index (κ1) is 19.5. The van der Waals surface area contributed by atoms with Gasteiger partial charge in [-0.05, 0) is 49.1 Å². The van der Waals surface area contributed by atoms with Crippen molar-refractivity contribution in [3.63, 3.8) is 0 Å². The molecule has 138 valence electrons. The van der Waals surface area contributed by atoms with Crippen LogP contribution >= 0.6 is 0 Å². The quantitative estimate of drug-likeness (QED) is 0.726. The van der Waals surface area contributed by atoms with Crippen LogP contribution in [0, 0.1) is 12.8 Å². The van der Waals surface area contributed by atoms with E-state index in [1.54, 1.807) is 18.2 Å². The normalized spacial score (nSPS) is 11.7. The minimum absolute atomic E-state index is 0.0777. The van der Waals surface area contributed by atoms with Gasteiger partial charge in [0.2, 0.25) is 0 Å². The van der Waals surface area contributed by atoms with Gasteiger partial charge in [-0.15, -0.1) is 0 Å². The maximum absolute atomic E-state index is 12.5. The molecule has 3 N–H and O–H groups in total. The van der Waals surface area contributed by atoms with E-state index in [9.17, 15) is 9.59 Å². The minimum atomic E-state index is -0.263. The zero-order chi connectivity index (χ0) is 19.1. The highest BCUT2D eigenvalue weighted by Gasteiger charge is 2.18. The maximum Gasteiger partial charge on any atom is 0.319 e. The third-order valence-corrected chi connectivity index (χ3v) is 4.19. The lowest BCUT2D eigenvalue weighted by Crippen LogP contribution is -2.35. The number of anilines is 1. The van der Waals surface area contributed by atoms with E-state index in [-0.39, 0.29) is 23.9 Å². The van der Waals surface area contributed by atoms with Gasteiger partial charge >= 0.3 is 6.03 Å². The number of hydrogen-bond donors (Lipinski definition) is 3. The lowest BCUT2D eigenvalue weighted by Gasteiger charge is -2.23. The average Bonchev–Trinajstić information content (AvgIpc) is 2.62. The monoisotopic (exact) mass is 353 g/mol. The molecule has 0 aliphatic rings. The molecule has 0 heterocycles. The number of aryl methyl sites for hydroxylation is 1. The Hall–Kier alpha value is -2.82. The molecule has 0 aliphatic carbocycles. The third-order valence-electron chi connectivity index (χ3n) is 4.19. The molecule has 0 bridgehead atoms. The van der Waals surface area contributed by atoms with Gasteiger partial charge in [-0.1, -0.05) is 44.2 Å². The molecule has 0 spiro atoms. The SMILES string of the molecule is CCNC(=O)c1ccc(NC(=O)NC(c2ccccc2)C(C)C)c(C)c1. The molecule has 3 amide bonds. The predicted octanol–water partition coefficient (Wildman–Crippen LogP) is 4.26. The van der Waals surface area contributed by atoms with Gasteiger partial charge in [0, 0.05) is 17.8 Å². The van der Waals surface area contributed by atoms with Crippen LogP contribution < -0.4 is 16.0 Å². The van der Waals surface area contributed by atoms with E-state index < -0.39 is 0 Å². The summed E-state index contributed by atoms with van der Waals surface area (Å²) < 4.78 is 0. The van der Waals surface area contributed by atoms with Crippen LogP contribution in [0.25, 0.3) is 0 Å². The number of hydrogen-bond acceptors (Lipinski definition) is 2. The summed E-state index contributed by atoms with van der Waals surface area (Å²) in [6, 6.07) is 14.8.